The van der Waals surface area contributed by atoms with E-state index < -0.39 is 0 Å². The number of ketones is 1. The van der Waals surface area contributed by atoms with Crippen LogP contribution in [0, 0.1) is 13.8 Å². The summed E-state index contributed by atoms with van der Waals surface area (Å²) in [6.07, 6.45) is 2.66. The lowest BCUT2D eigenvalue weighted by molar-refractivity contribution is 0.0971. The van der Waals surface area contributed by atoms with Gasteiger partial charge in [-0.15, -0.1) is 0 Å². The Balaban J connectivity index is 2.72. The highest BCUT2D eigenvalue weighted by molar-refractivity contribution is 6.00. The molecule has 74 valence electrons. The first-order chi connectivity index (χ1) is 6.61. The van der Waals surface area contributed by atoms with Crippen LogP contribution in [0.4, 0.5) is 5.69 Å². The summed E-state index contributed by atoms with van der Waals surface area (Å²) in [4.78, 5) is 11.7. The molecule has 1 aromatic rings. The molecular formula is C12H15NO. The van der Waals surface area contributed by atoms with Crippen molar-refractivity contribution in [1.29, 1.82) is 0 Å². The van der Waals surface area contributed by atoms with Gasteiger partial charge in [0.05, 0.1) is 0 Å². The molecular weight excluding hydrogens is 174 g/mol. The number of hydrogen-bond donors (Lipinski definition) is 1. The van der Waals surface area contributed by atoms with Crippen LogP contribution in [-0.2, 0) is 6.42 Å². The highest BCUT2D eigenvalue weighted by Crippen LogP contribution is 2.30. The lowest BCUT2D eigenvalue weighted by Crippen LogP contribution is -2.15. The first-order valence-corrected chi connectivity index (χ1v) is 5.03. The van der Waals surface area contributed by atoms with Gasteiger partial charge < -0.3 is 5.73 Å². The summed E-state index contributed by atoms with van der Waals surface area (Å²) in [6, 6.07) is 1.91. The van der Waals surface area contributed by atoms with Gasteiger partial charge in [0.25, 0.3) is 0 Å². The van der Waals surface area contributed by atoms with Crippen LogP contribution in [0.5, 0.6) is 0 Å². The molecule has 0 unspecified atom stereocenters. The molecule has 0 fully saturated rings. The number of carbonyl (C=O) groups is 1. The molecule has 0 spiro atoms. The number of anilines is 1. The van der Waals surface area contributed by atoms with Gasteiger partial charge >= 0.3 is 0 Å². The Morgan fingerprint density at radius 2 is 2.00 bits per heavy atom. The molecule has 1 aliphatic rings. The van der Waals surface area contributed by atoms with Crippen LogP contribution < -0.4 is 5.73 Å². The third-order valence-electron chi connectivity index (χ3n) is 3.06. The number of aryl methyl sites for hydroxylation is 1. The van der Waals surface area contributed by atoms with Crippen molar-refractivity contribution in [2.75, 3.05) is 5.73 Å². The molecule has 2 N–H and O–H groups in total. The van der Waals surface area contributed by atoms with Gasteiger partial charge in [0.2, 0.25) is 0 Å². The van der Waals surface area contributed by atoms with Gasteiger partial charge in [-0.25, -0.2) is 0 Å². The number of nitrogen functional groups attached to an aromatic ring is 1. The quantitative estimate of drug-likeness (QED) is 0.637. The fourth-order valence-electron chi connectivity index (χ4n) is 2.26. The molecule has 0 atom stereocenters. The van der Waals surface area contributed by atoms with E-state index in [2.05, 4.69) is 0 Å². The third-order valence-corrected chi connectivity index (χ3v) is 3.06. The van der Waals surface area contributed by atoms with E-state index in [1.807, 2.05) is 19.9 Å². The Labute approximate surface area is 84.1 Å². The number of fused-ring (bicyclic) bond motifs is 1. The smallest absolute Gasteiger partial charge is 0.163 e. The number of Topliss-reactive ketones (excluding diaryl/α,β-unsaturated/α-hetero) is 1. The van der Waals surface area contributed by atoms with E-state index >= 15 is 0 Å². The van der Waals surface area contributed by atoms with Gasteiger partial charge in [0, 0.05) is 17.7 Å². The minimum atomic E-state index is 0.284. The Bertz CT molecular complexity index is 407. The van der Waals surface area contributed by atoms with Crippen molar-refractivity contribution < 1.29 is 4.79 Å². The Kier molecular flexibility index (Phi) is 2.06. The zero-order valence-electron chi connectivity index (χ0n) is 8.68. The van der Waals surface area contributed by atoms with Gasteiger partial charge in [-0.2, -0.15) is 0 Å². The first-order valence-electron chi connectivity index (χ1n) is 5.03. The average Bonchev–Trinajstić information content (AvgIpc) is 2.14. The van der Waals surface area contributed by atoms with Crippen molar-refractivity contribution in [3.05, 3.63) is 28.3 Å². The number of hydrogen-bond acceptors (Lipinski definition) is 2. The molecule has 0 aromatic heterocycles. The second-order valence-electron chi connectivity index (χ2n) is 4.04. The van der Waals surface area contributed by atoms with Crippen molar-refractivity contribution >= 4 is 11.5 Å². The number of nitrogens with two attached hydrogens (primary N) is 1. The van der Waals surface area contributed by atoms with E-state index in [-0.39, 0.29) is 5.78 Å². The van der Waals surface area contributed by atoms with Crippen LogP contribution in [-0.4, -0.2) is 5.78 Å². The average molecular weight is 189 g/mol. The van der Waals surface area contributed by atoms with E-state index in [1.165, 1.54) is 5.56 Å². The summed E-state index contributed by atoms with van der Waals surface area (Å²) in [5.41, 5.74) is 10.9. The van der Waals surface area contributed by atoms with Crippen molar-refractivity contribution in [2.45, 2.75) is 33.1 Å². The van der Waals surface area contributed by atoms with Gasteiger partial charge in [0.15, 0.2) is 5.78 Å². The number of carbonyl (C=O) groups excluding carboxylic acids is 1. The maximum Gasteiger partial charge on any atom is 0.163 e. The largest absolute Gasteiger partial charge is 0.398 e. The monoisotopic (exact) mass is 189 g/mol. The zero-order chi connectivity index (χ0) is 10.3. The van der Waals surface area contributed by atoms with Crippen molar-refractivity contribution in [1.82, 2.24) is 0 Å². The molecule has 0 radical (unpaired) electrons. The number of benzene rings is 1. The molecule has 2 nitrogen and oxygen atoms in total. The van der Waals surface area contributed by atoms with Gasteiger partial charge in [0.1, 0.15) is 0 Å². The predicted octanol–water partition coefficient (Wildman–Crippen LogP) is 2.40. The number of rotatable bonds is 0. The van der Waals surface area contributed by atoms with Crippen LogP contribution in [0.2, 0.25) is 0 Å². The summed E-state index contributed by atoms with van der Waals surface area (Å²) in [6.45, 7) is 3.98. The van der Waals surface area contributed by atoms with E-state index in [1.54, 1.807) is 0 Å². The maximum absolute atomic E-state index is 11.7. The Morgan fingerprint density at radius 1 is 1.29 bits per heavy atom. The molecule has 1 aromatic carbocycles. The second-order valence-corrected chi connectivity index (χ2v) is 4.04. The van der Waals surface area contributed by atoms with Gasteiger partial charge in [-0.1, -0.05) is 0 Å². The van der Waals surface area contributed by atoms with Gasteiger partial charge in [-0.05, 0) is 49.4 Å². The van der Waals surface area contributed by atoms with E-state index in [0.717, 1.165) is 35.2 Å². The molecule has 0 heterocycles. The summed E-state index contributed by atoms with van der Waals surface area (Å²) in [5, 5.41) is 0. The van der Waals surface area contributed by atoms with E-state index in [4.69, 9.17) is 5.73 Å². The summed E-state index contributed by atoms with van der Waals surface area (Å²) in [5.74, 6) is 0.284. The molecule has 0 amide bonds. The molecule has 2 heteroatoms. The first kappa shape index (κ1) is 9.25. The normalized spacial score (nSPS) is 15.4. The van der Waals surface area contributed by atoms with Crippen LogP contribution in [0.15, 0.2) is 6.07 Å². The topological polar surface area (TPSA) is 43.1 Å². The van der Waals surface area contributed by atoms with Gasteiger partial charge in [-0.3, -0.25) is 4.79 Å². The third kappa shape index (κ3) is 1.22. The van der Waals surface area contributed by atoms with Crippen molar-refractivity contribution in [2.24, 2.45) is 0 Å². The zero-order valence-corrected chi connectivity index (χ0v) is 8.68. The molecule has 0 saturated heterocycles. The molecule has 0 saturated carbocycles. The highest BCUT2D eigenvalue weighted by atomic mass is 16.1. The highest BCUT2D eigenvalue weighted by Gasteiger charge is 2.21. The molecule has 14 heavy (non-hydrogen) atoms. The molecule has 2 rings (SSSR count). The molecule has 1 aliphatic carbocycles. The minimum absolute atomic E-state index is 0.284. The predicted molar refractivity (Wildman–Crippen MR) is 57.6 cm³/mol. The Hall–Kier alpha value is -1.31. The maximum atomic E-state index is 11.7. The Morgan fingerprint density at radius 3 is 2.71 bits per heavy atom. The lowest BCUT2D eigenvalue weighted by atomic mass is 9.84. The van der Waals surface area contributed by atoms with Crippen molar-refractivity contribution in [3.8, 4) is 0 Å². The van der Waals surface area contributed by atoms with E-state index in [9.17, 15) is 4.79 Å². The minimum Gasteiger partial charge on any atom is -0.398 e. The SMILES string of the molecule is Cc1cc(N)c(C)c2c1C(=O)CCC2. The van der Waals surface area contributed by atoms with Crippen LogP contribution in [0.1, 0.15) is 39.9 Å². The van der Waals surface area contributed by atoms with E-state index in [0.29, 0.717) is 6.42 Å². The summed E-state index contributed by atoms with van der Waals surface area (Å²) < 4.78 is 0. The molecule has 0 aliphatic heterocycles. The fourth-order valence-corrected chi connectivity index (χ4v) is 2.26. The standard InChI is InChI=1S/C12H15NO/c1-7-6-10(13)8(2)9-4-3-5-11(14)12(7)9/h6H,3-5,13H2,1-2H3. The van der Waals surface area contributed by atoms with Crippen LogP contribution in [0.3, 0.4) is 0 Å². The van der Waals surface area contributed by atoms with Crippen molar-refractivity contribution in [3.63, 3.8) is 0 Å². The summed E-state index contributed by atoms with van der Waals surface area (Å²) >= 11 is 0. The fraction of sp³-hybridized carbons (Fsp3) is 0.417. The van der Waals surface area contributed by atoms with Crippen LogP contribution >= 0.6 is 0 Å². The lowest BCUT2D eigenvalue weighted by Gasteiger charge is -2.20. The summed E-state index contributed by atoms with van der Waals surface area (Å²) in [7, 11) is 0. The molecule has 0 bridgehead atoms. The second kappa shape index (κ2) is 3.12. The van der Waals surface area contributed by atoms with Crippen LogP contribution in [0.25, 0.3) is 0 Å².